The summed E-state index contributed by atoms with van der Waals surface area (Å²) in [7, 11) is 0. The van der Waals surface area contributed by atoms with Gasteiger partial charge in [-0.05, 0) is 84.0 Å². The SMILES string of the molecule is CCC(CC)(c1ccc(CCC(O)C(C)(C)C)c(C)c1)c1ccc(N=O)c(C)c1. The summed E-state index contributed by atoms with van der Waals surface area (Å²) in [5, 5.41) is 13.5. The lowest BCUT2D eigenvalue weighted by Crippen LogP contribution is -2.27. The minimum atomic E-state index is -0.306. The highest BCUT2D eigenvalue weighted by molar-refractivity contribution is 5.51. The molecule has 1 N–H and O–H groups in total. The van der Waals surface area contributed by atoms with E-state index in [1.807, 2.05) is 13.0 Å². The minimum Gasteiger partial charge on any atom is -0.393 e. The maximum absolute atomic E-state index is 11.0. The standard InChI is InChI=1S/C26H37NO2/c1-8-26(9-2,22-13-14-23(27-29)19(4)17-22)21-12-10-20(18(3)16-21)11-15-24(28)25(5,6)7/h10,12-14,16-17,24,28H,8-9,11,15H2,1-7H3. The smallest absolute Gasteiger partial charge is 0.110 e. The minimum absolute atomic E-state index is 0.0829. The Morgan fingerprint density at radius 2 is 1.48 bits per heavy atom. The van der Waals surface area contributed by atoms with Gasteiger partial charge in [-0.2, -0.15) is 0 Å². The molecule has 0 aliphatic rings. The maximum atomic E-state index is 11.0. The van der Waals surface area contributed by atoms with Crippen LogP contribution in [0.1, 0.15) is 81.7 Å². The Morgan fingerprint density at radius 1 is 0.931 bits per heavy atom. The summed E-state index contributed by atoms with van der Waals surface area (Å²) < 4.78 is 0. The van der Waals surface area contributed by atoms with Gasteiger partial charge in [0.15, 0.2) is 0 Å². The van der Waals surface area contributed by atoms with E-state index in [0.29, 0.717) is 5.69 Å². The third-order valence-electron chi connectivity index (χ3n) is 6.64. The number of benzene rings is 2. The van der Waals surface area contributed by atoms with Crippen molar-refractivity contribution >= 4 is 5.69 Å². The second-order valence-electron chi connectivity index (χ2n) is 9.44. The summed E-state index contributed by atoms with van der Waals surface area (Å²) >= 11 is 0. The van der Waals surface area contributed by atoms with Gasteiger partial charge in [0.05, 0.1) is 6.10 Å². The molecule has 2 aromatic carbocycles. The van der Waals surface area contributed by atoms with Gasteiger partial charge in [-0.25, -0.2) is 0 Å². The van der Waals surface area contributed by atoms with Gasteiger partial charge >= 0.3 is 0 Å². The number of aliphatic hydroxyl groups excluding tert-OH is 1. The number of aliphatic hydroxyl groups is 1. The van der Waals surface area contributed by atoms with Crippen LogP contribution >= 0.6 is 0 Å². The molecule has 2 aromatic rings. The number of hydrogen-bond acceptors (Lipinski definition) is 3. The van der Waals surface area contributed by atoms with Crippen molar-refractivity contribution in [1.29, 1.82) is 0 Å². The highest BCUT2D eigenvalue weighted by atomic mass is 16.3. The molecular formula is C26H37NO2. The lowest BCUT2D eigenvalue weighted by molar-refractivity contribution is 0.0560. The van der Waals surface area contributed by atoms with Crippen molar-refractivity contribution in [3.8, 4) is 0 Å². The van der Waals surface area contributed by atoms with E-state index in [1.165, 1.54) is 22.3 Å². The number of nitroso groups, excluding NO2 is 1. The zero-order chi connectivity index (χ0) is 21.8. The predicted octanol–water partition coefficient (Wildman–Crippen LogP) is 7.15. The first-order valence-electron chi connectivity index (χ1n) is 10.8. The molecule has 2 rings (SSSR count). The van der Waals surface area contributed by atoms with Crippen molar-refractivity contribution in [3.05, 3.63) is 69.1 Å². The van der Waals surface area contributed by atoms with E-state index in [0.717, 1.165) is 31.2 Å². The lowest BCUT2D eigenvalue weighted by Gasteiger charge is -2.34. The molecule has 0 radical (unpaired) electrons. The van der Waals surface area contributed by atoms with E-state index in [9.17, 15) is 10.0 Å². The Labute approximate surface area is 176 Å². The fraction of sp³-hybridized carbons (Fsp3) is 0.538. The Balaban J connectivity index is 2.38. The fourth-order valence-electron chi connectivity index (χ4n) is 4.29. The van der Waals surface area contributed by atoms with Crippen LogP contribution in [-0.4, -0.2) is 11.2 Å². The zero-order valence-electron chi connectivity index (χ0n) is 19.2. The molecule has 0 aromatic heterocycles. The van der Waals surface area contributed by atoms with Crippen molar-refractivity contribution in [2.75, 3.05) is 0 Å². The largest absolute Gasteiger partial charge is 0.393 e. The molecular weight excluding hydrogens is 358 g/mol. The molecule has 0 saturated heterocycles. The van der Waals surface area contributed by atoms with Crippen LogP contribution in [0.5, 0.6) is 0 Å². The Kier molecular flexibility index (Phi) is 7.40. The zero-order valence-corrected chi connectivity index (χ0v) is 19.2. The van der Waals surface area contributed by atoms with Crippen LogP contribution in [0.25, 0.3) is 0 Å². The van der Waals surface area contributed by atoms with E-state index in [-0.39, 0.29) is 16.9 Å². The molecule has 0 spiro atoms. The average molecular weight is 396 g/mol. The van der Waals surface area contributed by atoms with Gasteiger partial charge in [-0.1, -0.05) is 65.0 Å². The van der Waals surface area contributed by atoms with Crippen LogP contribution in [0.2, 0.25) is 0 Å². The van der Waals surface area contributed by atoms with Gasteiger partial charge in [0, 0.05) is 5.41 Å². The van der Waals surface area contributed by atoms with Crippen LogP contribution in [0.15, 0.2) is 41.6 Å². The van der Waals surface area contributed by atoms with Crippen LogP contribution in [-0.2, 0) is 11.8 Å². The van der Waals surface area contributed by atoms with Crippen molar-refractivity contribution in [2.24, 2.45) is 10.6 Å². The van der Waals surface area contributed by atoms with Gasteiger partial charge in [0.1, 0.15) is 5.69 Å². The molecule has 0 saturated carbocycles. The first kappa shape index (κ1) is 23.3. The van der Waals surface area contributed by atoms with Crippen LogP contribution in [0.3, 0.4) is 0 Å². The quantitative estimate of drug-likeness (QED) is 0.483. The molecule has 3 nitrogen and oxygen atoms in total. The van der Waals surface area contributed by atoms with E-state index >= 15 is 0 Å². The molecule has 0 aliphatic heterocycles. The summed E-state index contributed by atoms with van der Waals surface area (Å²) in [6, 6.07) is 12.8. The van der Waals surface area contributed by atoms with Crippen molar-refractivity contribution in [2.45, 2.75) is 85.7 Å². The van der Waals surface area contributed by atoms with E-state index in [4.69, 9.17) is 0 Å². The summed E-state index contributed by atoms with van der Waals surface area (Å²) in [4.78, 5) is 11.0. The summed E-state index contributed by atoms with van der Waals surface area (Å²) in [5.41, 5.74) is 6.39. The van der Waals surface area contributed by atoms with E-state index in [1.54, 1.807) is 0 Å². The molecule has 1 unspecified atom stereocenters. The first-order valence-corrected chi connectivity index (χ1v) is 10.8. The van der Waals surface area contributed by atoms with E-state index < -0.39 is 0 Å². The fourth-order valence-corrected chi connectivity index (χ4v) is 4.29. The van der Waals surface area contributed by atoms with Crippen molar-refractivity contribution in [3.63, 3.8) is 0 Å². The van der Waals surface area contributed by atoms with Crippen LogP contribution in [0, 0.1) is 24.2 Å². The molecule has 0 fully saturated rings. The number of hydrogen-bond donors (Lipinski definition) is 1. The molecule has 158 valence electrons. The van der Waals surface area contributed by atoms with Gasteiger partial charge < -0.3 is 5.11 Å². The second-order valence-corrected chi connectivity index (χ2v) is 9.44. The van der Waals surface area contributed by atoms with Gasteiger partial charge in [-0.3, -0.25) is 0 Å². The highest BCUT2D eigenvalue weighted by Gasteiger charge is 2.31. The van der Waals surface area contributed by atoms with Crippen LogP contribution < -0.4 is 0 Å². The molecule has 0 heterocycles. The van der Waals surface area contributed by atoms with Crippen LogP contribution in [0.4, 0.5) is 5.69 Å². The van der Waals surface area contributed by atoms with E-state index in [2.05, 4.69) is 77.1 Å². The number of aryl methyl sites for hydroxylation is 3. The van der Waals surface area contributed by atoms with Gasteiger partial charge in [0.2, 0.25) is 0 Å². The van der Waals surface area contributed by atoms with Crippen molar-refractivity contribution < 1.29 is 5.11 Å². The molecule has 1 atom stereocenters. The van der Waals surface area contributed by atoms with Gasteiger partial charge in [0.25, 0.3) is 0 Å². The van der Waals surface area contributed by atoms with Gasteiger partial charge in [-0.15, -0.1) is 4.91 Å². The highest BCUT2D eigenvalue weighted by Crippen LogP contribution is 2.41. The molecule has 3 heteroatoms. The number of nitrogens with zero attached hydrogens (tertiary/aromatic N) is 1. The predicted molar refractivity (Wildman–Crippen MR) is 123 cm³/mol. The van der Waals surface area contributed by atoms with Crippen molar-refractivity contribution in [1.82, 2.24) is 0 Å². The monoisotopic (exact) mass is 395 g/mol. The Bertz CT molecular complexity index is 844. The lowest BCUT2D eigenvalue weighted by atomic mass is 9.69. The average Bonchev–Trinajstić information content (AvgIpc) is 2.68. The third kappa shape index (κ3) is 4.95. The third-order valence-corrected chi connectivity index (χ3v) is 6.64. The first-order chi connectivity index (χ1) is 13.6. The molecule has 0 amide bonds. The molecule has 0 bridgehead atoms. The topological polar surface area (TPSA) is 49.7 Å². The Morgan fingerprint density at radius 3 is 1.93 bits per heavy atom. The summed E-state index contributed by atoms with van der Waals surface area (Å²) in [6.45, 7) is 14.8. The number of rotatable bonds is 8. The second kappa shape index (κ2) is 9.21. The maximum Gasteiger partial charge on any atom is 0.110 e. The summed E-state index contributed by atoms with van der Waals surface area (Å²) in [5.74, 6) is 0. The summed E-state index contributed by atoms with van der Waals surface area (Å²) in [6.07, 6.45) is 3.32. The Hall–Kier alpha value is -2.00. The normalized spacial score (nSPS) is 13.4. The molecule has 29 heavy (non-hydrogen) atoms. The molecule has 0 aliphatic carbocycles.